The number of rotatable bonds is 5. The highest BCUT2D eigenvalue weighted by molar-refractivity contribution is 7.12. The largest absolute Gasteiger partial charge is 0.449 e. The minimum absolute atomic E-state index is 0.290. The van der Waals surface area contributed by atoms with Crippen molar-refractivity contribution in [3.63, 3.8) is 0 Å². The van der Waals surface area contributed by atoms with Crippen LogP contribution in [0.15, 0.2) is 23.6 Å². The summed E-state index contributed by atoms with van der Waals surface area (Å²) in [5.74, 6) is -0.739. The monoisotopic (exact) mass is 323 g/mol. The summed E-state index contributed by atoms with van der Waals surface area (Å²) >= 11 is 3.11. The number of carbonyl (C=O) groups is 2. The van der Waals surface area contributed by atoms with E-state index >= 15 is 0 Å². The van der Waals surface area contributed by atoms with Crippen LogP contribution in [0.2, 0.25) is 0 Å². The Balaban J connectivity index is 1.88. The van der Waals surface area contributed by atoms with Gasteiger partial charge in [0, 0.05) is 14.6 Å². The van der Waals surface area contributed by atoms with Gasteiger partial charge in [0.2, 0.25) is 0 Å². The first-order chi connectivity index (χ1) is 9.97. The molecule has 0 fully saturated rings. The molecule has 6 heteroatoms. The van der Waals surface area contributed by atoms with Gasteiger partial charge in [-0.15, -0.1) is 22.7 Å². The summed E-state index contributed by atoms with van der Waals surface area (Å²) in [6.07, 6.45) is -0.808. The van der Waals surface area contributed by atoms with E-state index in [1.54, 1.807) is 35.7 Å². The van der Waals surface area contributed by atoms with Gasteiger partial charge in [0.1, 0.15) is 0 Å². The molecule has 1 atom stereocenters. The summed E-state index contributed by atoms with van der Waals surface area (Å²) in [6, 6.07) is 5.66. The molecule has 1 amide bonds. The Morgan fingerprint density at radius 2 is 2.14 bits per heavy atom. The molecule has 0 aliphatic heterocycles. The highest BCUT2D eigenvalue weighted by Crippen LogP contribution is 2.21. The van der Waals surface area contributed by atoms with Crippen LogP contribution in [0.3, 0.4) is 0 Å². The lowest BCUT2D eigenvalue weighted by Crippen LogP contribution is -2.35. The maximum Gasteiger partial charge on any atom is 0.340 e. The second-order valence-corrected chi connectivity index (χ2v) is 7.16. The third-order valence-corrected chi connectivity index (χ3v) is 4.77. The number of aryl methyl sites for hydroxylation is 2. The van der Waals surface area contributed by atoms with Gasteiger partial charge in [-0.3, -0.25) is 4.79 Å². The van der Waals surface area contributed by atoms with Crippen LogP contribution < -0.4 is 5.32 Å². The van der Waals surface area contributed by atoms with E-state index in [1.807, 2.05) is 31.4 Å². The van der Waals surface area contributed by atoms with E-state index in [-0.39, 0.29) is 5.91 Å². The SMILES string of the molecule is Cc1cc(C(=O)O[C@@H](C)C(=O)NCc2cccs2)c(C)s1. The number of esters is 1. The van der Waals surface area contributed by atoms with Gasteiger partial charge in [-0.2, -0.15) is 0 Å². The predicted molar refractivity (Wildman–Crippen MR) is 84.8 cm³/mol. The van der Waals surface area contributed by atoms with E-state index < -0.39 is 12.1 Å². The second kappa shape index (κ2) is 6.87. The van der Waals surface area contributed by atoms with Crippen molar-refractivity contribution in [2.24, 2.45) is 0 Å². The first-order valence-electron chi connectivity index (χ1n) is 6.55. The molecule has 0 bridgehead atoms. The number of amides is 1. The van der Waals surface area contributed by atoms with E-state index in [0.717, 1.165) is 14.6 Å². The van der Waals surface area contributed by atoms with Gasteiger partial charge < -0.3 is 10.1 Å². The number of thiophene rings is 2. The standard InChI is InChI=1S/C15H17NO3S2/c1-9-7-13(11(3)21-9)15(18)19-10(2)14(17)16-8-12-5-4-6-20-12/h4-7,10H,8H2,1-3H3,(H,16,17)/t10-/m0/s1. The fourth-order valence-electron chi connectivity index (χ4n) is 1.84. The van der Waals surface area contributed by atoms with E-state index in [1.165, 1.54) is 0 Å². The van der Waals surface area contributed by atoms with Crippen LogP contribution in [0.5, 0.6) is 0 Å². The van der Waals surface area contributed by atoms with E-state index in [9.17, 15) is 9.59 Å². The molecular weight excluding hydrogens is 306 g/mol. The van der Waals surface area contributed by atoms with Crippen LogP contribution in [0.4, 0.5) is 0 Å². The van der Waals surface area contributed by atoms with Crippen LogP contribution in [0, 0.1) is 13.8 Å². The molecule has 1 N–H and O–H groups in total. The van der Waals surface area contributed by atoms with Crippen molar-refractivity contribution >= 4 is 34.6 Å². The van der Waals surface area contributed by atoms with Crippen LogP contribution >= 0.6 is 22.7 Å². The van der Waals surface area contributed by atoms with Gasteiger partial charge in [0.25, 0.3) is 5.91 Å². The van der Waals surface area contributed by atoms with E-state index in [0.29, 0.717) is 12.1 Å². The Hall–Kier alpha value is -1.66. The zero-order valence-corrected chi connectivity index (χ0v) is 13.8. The number of nitrogens with one attached hydrogen (secondary N) is 1. The maximum absolute atomic E-state index is 12.0. The van der Waals surface area contributed by atoms with Gasteiger partial charge in [0.15, 0.2) is 6.10 Å². The lowest BCUT2D eigenvalue weighted by Gasteiger charge is -2.13. The summed E-state index contributed by atoms with van der Waals surface area (Å²) < 4.78 is 5.22. The molecule has 2 heterocycles. The Kier molecular flexibility index (Phi) is 5.14. The van der Waals surface area contributed by atoms with Crippen molar-refractivity contribution in [1.29, 1.82) is 0 Å². The minimum Gasteiger partial charge on any atom is -0.449 e. The molecule has 0 saturated carbocycles. The normalized spacial score (nSPS) is 12.0. The molecule has 0 radical (unpaired) electrons. The quantitative estimate of drug-likeness (QED) is 0.859. The molecule has 0 unspecified atom stereocenters. The summed E-state index contributed by atoms with van der Waals surface area (Å²) in [5.41, 5.74) is 0.537. The van der Waals surface area contributed by atoms with Crippen LogP contribution in [0.1, 0.15) is 31.9 Å². The Bertz CT molecular complexity index is 631. The van der Waals surface area contributed by atoms with Crippen LogP contribution in [0.25, 0.3) is 0 Å². The van der Waals surface area contributed by atoms with Gasteiger partial charge in [-0.1, -0.05) is 6.07 Å². The van der Waals surface area contributed by atoms with E-state index in [4.69, 9.17) is 4.74 Å². The highest BCUT2D eigenvalue weighted by Gasteiger charge is 2.20. The van der Waals surface area contributed by atoms with Gasteiger partial charge in [0.05, 0.1) is 12.1 Å². The molecule has 0 aliphatic rings. The second-order valence-electron chi connectivity index (χ2n) is 4.67. The van der Waals surface area contributed by atoms with Crippen molar-refractivity contribution in [3.8, 4) is 0 Å². The molecule has 112 valence electrons. The van der Waals surface area contributed by atoms with Crippen molar-refractivity contribution < 1.29 is 14.3 Å². The van der Waals surface area contributed by atoms with Gasteiger partial charge in [-0.05, 0) is 38.3 Å². The molecule has 0 spiro atoms. The molecule has 0 aliphatic carbocycles. The molecular formula is C15H17NO3S2. The third-order valence-electron chi connectivity index (χ3n) is 2.93. The van der Waals surface area contributed by atoms with Crippen molar-refractivity contribution in [2.45, 2.75) is 33.4 Å². The number of ether oxygens (including phenoxy) is 1. The molecule has 2 aromatic rings. The summed E-state index contributed by atoms with van der Waals surface area (Å²) in [5, 5.41) is 4.71. The number of hydrogen-bond donors (Lipinski definition) is 1. The molecule has 2 rings (SSSR count). The number of hydrogen-bond acceptors (Lipinski definition) is 5. The molecule has 4 nitrogen and oxygen atoms in total. The van der Waals surface area contributed by atoms with Gasteiger partial charge >= 0.3 is 5.97 Å². The summed E-state index contributed by atoms with van der Waals surface area (Å²) in [4.78, 5) is 27.0. The summed E-state index contributed by atoms with van der Waals surface area (Å²) in [6.45, 7) is 5.84. The molecule has 0 aromatic carbocycles. The first kappa shape index (κ1) is 15.7. The fourth-order valence-corrected chi connectivity index (χ4v) is 3.40. The summed E-state index contributed by atoms with van der Waals surface area (Å²) in [7, 11) is 0. The van der Waals surface area contributed by atoms with Gasteiger partial charge in [-0.25, -0.2) is 4.79 Å². The topological polar surface area (TPSA) is 55.4 Å². The lowest BCUT2D eigenvalue weighted by atomic mass is 10.2. The molecule has 21 heavy (non-hydrogen) atoms. The minimum atomic E-state index is -0.808. The van der Waals surface area contributed by atoms with Crippen LogP contribution in [-0.4, -0.2) is 18.0 Å². The third kappa shape index (κ3) is 4.15. The molecule has 2 aromatic heterocycles. The zero-order chi connectivity index (χ0) is 15.4. The smallest absolute Gasteiger partial charge is 0.340 e. The first-order valence-corrected chi connectivity index (χ1v) is 8.25. The maximum atomic E-state index is 12.0. The fraction of sp³-hybridized carbons (Fsp3) is 0.333. The van der Waals surface area contributed by atoms with Crippen molar-refractivity contribution in [3.05, 3.63) is 43.8 Å². The Morgan fingerprint density at radius 3 is 2.71 bits per heavy atom. The van der Waals surface area contributed by atoms with E-state index in [2.05, 4.69) is 5.32 Å². The average Bonchev–Trinajstić information content (AvgIpc) is 3.05. The zero-order valence-electron chi connectivity index (χ0n) is 12.1. The molecule has 0 saturated heterocycles. The predicted octanol–water partition coefficient (Wildman–Crippen LogP) is 3.29. The van der Waals surface area contributed by atoms with Crippen LogP contribution in [-0.2, 0) is 16.1 Å². The Morgan fingerprint density at radius 1 is 1.38 bits per heavy atom. The Labute approximate surface area is 131 Å². The lowest BCUT2D eigenvalue weighted by molar-refractivity contribution is -0.129. The average molecular weight is 323 g/mol. The highest BCUT2D eigenvalue weighted by atomic mass is 32.1. The van der Waals surface area contributed by atoms with Crippen molar-refractivity contribution in [2.75, 3.05) is 0 Å². The number of carbonyl (C=O) groups excluding carboxylic acids is 2. The van der Waals surface area contributed by atoms with Crippen molar-refractivity contribution in [1.82, 2.24) is 5.32 Å².